The van der Waals surface area contributed by atoms with Gasteiger partial charge in [0.1, 0.15) is 5.82 Å². The molecule has 2 rings (SSSR count). The predicted molar refractivity (Wildman–Crippen MR) is 76.1 cm³/mol. The zero-order valence-corrected chi connectivity index (χ0v) is 12.5. The average molecular weight is 266 g/mol. The first-order valence-corrected chi connectivity index (χ1v) is 7.10. The molecule has 5 nitrogen and oxygen atoms in total. The number of nitrogens with one attached hydrogen (secondary N) is 1. The molecule has 108 valence electrons. The van der Waals surface area contributed by atoms with Crippen LogP contribution in [0.5, 0.6) is 0 Å². The highest BCUT2D eigenvalue weighted by molar-refractivity contribution is 5.09. The number of imidazole rings is 1. The SMILES string of the molecule is CCC(C)(C(NC)c1nccn1C)N1CCOCC1. The fourth-order valence-electron chi connectivity index (χ4n) is 3.06. The smallest absolute Gasteiger partial charge is 0.127 e. The lowest BCUT2D eigenvalue weighted by molar-refractivity contribution is -0.0334. The monoisotopic (exact) mass is 266 g/mol. The molecule has 0 spiro atoms. The van der Waals surface area contributed by atoms with E-state index in [1.54, 1.807) is 0 Å². The third kappa shape index (κ3) is 2.68. The number of hydrogen-bond acceptors (Lipinski definition) is 4. The van der Waals surface area contributed by atoms with Gasteiger partial charge >= 0.3 is 0 Å². The Morgan fingerprint density at radius 2 is 2.16 bits per heavy atom. The Bertz CT molecular complexity index is 400. The molecule has 2 heterocycles. The normalized spacial score (nSPS) is 22.1. The van der Waals surface area contributed by atoms with E-state index in [0.717, 1.165) is 38.5 Å². The van der Waals surface area contributed by atoms with Crippen LogP contribution < -0.4 is 5.32 Å². The molecule has 1 aromatic rings. The molecular formula is C14H26N4O. The van der Waals surface area contributed by atoms with Gasteiger partial charge in [-0.1, -0.05) is 6.92 Å². The van der Waals surface area contributed by atoms with Crippen molar-refractivity contribution in [2.45, 2.75) is 31.8 Å². The lowest BCUT2D eigenvalue weighted by atomic mass is 9.86. The Balaban J connectivity index is 2.29. The van der Waals surface area contributed by atoms with Gasteiger partial charge < -0.3 is 14.6 Å². The molecule has 1 aliphatic heterocycles. The molecule has 0 aromatic carbocycles. The summed E-state index contributed by atoms with van der Waals surface area (Å²) in [6.45, 7) is 8.22. The first kappa shape index (κ1) is 14.5. The van der Waals surface area contributed by atoms with Crippen molar-refractivity contribution in [3.8, 4) is 0 Å². The number of nitrogens with zero attached hydrogens (tertiary/aromatic N) is 3. The molecule has 1 aromatic heterocycles. The number of rotatable bonds is 5. The summed E-state index contributed by atoms with van der Waals surface area (Å²) in [6.07, 6.45) is 4.95. The molecule has 0 radical (unpaired) electrons. The summed E-state index contributed by atoms with van der Waals surface area (Å²) in [5, 5.41) is 3.47. The van der Waals surface area contributed by atoms with Crippen molar-refractivity contribution < 1.29 is 4.74 Å². The van der Waals surface area contributed by atoms with Gasteiger partial charge in [-0.25, -0.2) is 4.98 Å². The highest BCUT2D eigenvalue weighted by Crippen LogP contribution is 2.33. The van der Waals surface area contributed by atoms with Crippen LogP contribution in [-0.2, 0) is 11.8 Å². The second-order valence-electron chi connectivity index (χ2n) is 5.43. The topological polar surface area (TPSA) is 42.3 Å². The van der Waals surface area contributed by atoms with E-state index in [0.29, 0.717) is 0 Å². The van der Waals surface area contributed by atoms with Crippen molar-refractivity contribution in [1.82, 2.24) is 19.8 Å². The van der Waals surface area contributed by atoms with Gasteiger partial charge in [0.05, 0.1) is 19.3 Å². The maximum atomic E-state index is 5.48. The Kier molecular flexibility index (Phi) is 4.60. The number of ether oxygens (including phenoxy) is 1. The number of morpholine rings is 1. The van der Waals surface area contributed by atoms with Gasteiger partial charge in [0.2, 0.25) is 0 Å². The van der Waals surface area contributed by atoms with Crippen LogP contribution in [0, 0.1) is 0 Å². The van der Waals surface area contributed by atoms with E-state index in [9.17, 15) is 0 Å². The van der Waals surface area contributed by atoms with Crippen LogP contribution >= 0.6 is 0 Å². The molecule has 1 saturated heterocycles. The minimum atomic E-state index is 0.0532. The van der Waals surface area contributed by atoms with Gasteiger partial charge in [0.15, 0.2) is 0 Å². The van der Waals surface area contributed by atoms with Gasteiger partial charge in [-0.2, -0.15) is 0 Å². The number of aryl methyl sites for hydroxylation is 1. The van der Waals surface area contributed by atoms with Crippen LogP contribution in [0.1, 0.15) is 32.1 Å². The highest BCUT2D eigenvalue weighted by Gasteiger charge is 2.40. The molecular weight excluding hydrogens is 240 g/mol. The van der Waals surface area contributed by atoms with Crippen LogP contribution in [0.25, 0.3) is 0 Å². The standard InChI is InChI=1S/C14H26N4O/c1-5-14(2,18-8-10-19-11-9-18)12(15-3)13-16-6-7-17(13)4/h6-7,12,15H,5,8-11H2,1-4H3. The molecule has 2 atom stereocenters. The summed E-state index contributed by atoms with van der Waals surface area (Å²) < 4.78 is 7.59. The molecule has 1 N–H and O–H groups in total. The summed E-state index contributed by atoms with van der Waals surface area (Å²) in [7, 11) is 4.08. The van der Waals surface area contributed by atoms with Gasteiger partial charge in [0, 0.05) is 38.1 Å². The lowest BCUT2D eigenvalue weighted by Gasteiger charge is -2.47. The van der Waals surface area contributed by atoms with Crippen LogP contribution in [0.3, 0.4) is 0 Å². The first-order chi connectivity index (χ1) is 9.13. The lowest BCUT2D eigenvalue weighted by Crippen LogP contribution is -2.57. The van der Waals surface area contributed by atoms with E-state index < -0.39 is 0 Å². The third-order valence-corrected chi connectivity index (χ3v) is 4.48. The average Bonchev–Trinajstić information content (AvgIpc) is 2.86. The second-order valence-corrected chi connectivity index (χ2v) is 5.43. The predicted octanol–water partition coefficient (Wildman–Crippen LogP) is 1.18. The van der Waals surface area contributed by atoms with Gasteiger partial charge in [0.25, 0.3) is 0 Å². The first-order valence-electron chi connectivity index (χ1n) is 7.10. The van der Waals surface area contributed by atoms with Crippen molar-refractivity contribution >= 4 is 0 Å². The molecule has 0 saturated carbocycles. The van der Waals surface area contributed by atoms with Crippen molar-refractivity contribution in [2.24, 2.45) is 7.05 Å². The third-order valence-electron chi connectivity index (χ3n) is 4.48. The van der Waals surface area contributed by atoms with Crippen LogP contribution in [0.4, 0.5) is 0 Å². The largest absolute Gasteiger partial charge is 0.379 e. The zero-order valence-electron chi connectivity index (χ0n) is 12.5. The minimum absolute atomic E-state index is 0.0532. The summed E-state index contributed by atoms with van der Waals surface area (Å²) in [6, 6.07) is 0.218. The Labute approximate surface area is 116 Å². The van der Waals surface area contributed by atoms with E-state index in [4.69, 9.17) is 4.74 Å². The van der Waals surface area contributed by atoms with E-state index in [2.05, 4.69) is 40.7 Å². The van der Waals surface area contributed by atoms with Gasteiger partial charge in [-0.3, -0.25) is 4.90 Å². The Morgan fingerprint density at radius 1 is 1.47 bits per heavy atom. The van der Waals surface area contributed by atoms with E-state index >= 15 is 0 Å². The second kappa shape index (κ2) is 6.03. The molecule has 5 heteroatoms. The summed E-state index contributed by atoms with van der Waals surface area (Å²) in [5.41, 5.74) is 0.0532. The number of hydrogen-bond donors (Lipinski definition) is 1. The highest BCUT2D eigenvalue weighted by atomic mass is 16.5. The van der Waals surface area contributed by atoms with Crippen LogP contribution in [0.2, 0.25) is 0 Å². The fraction of sp³-hybridized carbons (Fsp3) is 0.786. The Hall–Kier alpha value is -0.910. The van der Waals surface area contributed by atoms with Crippen molar-refractivity contribution in [2.75, 3.05) is 33.4 Å². The zero-order chi connectivity index (χ0) is 13.9. The van der Waals surface area contributed by atoms with Crippen molar-refractivity contribution in [3.05, 3.63) is 18.2 Å². The van der Waals surface area contributed by atoms with Crippen molar-refractivity contribution in [3.63, 3.8) is 0 Å². The maximum absolute atomic E-state index is 5.48. The summed E-state index contributed by atoms with van der Waals surface area (Å²) in [4.78, 5) is 7.07. The Morgan fingerprint density at radius 3 is 2.63 bits per heavy atom. The number of likely N-dealkylation sites (N-methyl/N-ethyl adjacent to an activating group) is 1. The van der Waals surface area contributed by atoms with Crippen LogP contribution in [0.15, 0.2) is 12.4 Å². The molecule has 0 bridgehead atoms. The van der Waals surface area contributed by atoms with E-state index in [1.807, 2.05) is 19.4 Å². The molecule has 1 fully saturated rings. The van der Waals surface area contributed by atoms with Gasteiger partial charge in [-0.15, -0.1) is 0 Å². The minimum Gasteiger partial charge on any atom is -0.379 e. The van der Waals surface area contributed by atoms with E-state index in [1.165, 1.54) is 0 Å². The van der Waals surface area contributed by atoms with Crippen molar-refractivity contribution in [1.29, 1.82) is 0 Å². The molecule has 19 heavy (non-hydrogen) atoms. The molecule has 2 unspecified atom stereocenters. The quantitative estimate of drug-likeness (QED) is 0.869. The number of aromatic nitrogens is 2. The summed E-state index contributed by atoms with van der Waals surface area (Å²) in [5.74, 6) is 1.10. The summed E-state index contributed by atoms with van der Waals surface area (Å²) >= 11 is 0. The maximum Gasteiger partial charge on any atom is 0.127 e. The molecule has 0 amide bonds. The van der Waals surface area contributed by atoms with E-state index in [-0.39, 0.29) is 11.6 Å². The molecule has 1 aliphatic rings. The molecule has 0 aliphatic carbocycles. The van der Waals surface area contributed by atoms with Crippen LogP contribution in [-0.4, -0.2) is 53.3 Å². The fourth-order valence-corrected chi connectivity index (χ4v) is 3.06. The van der Waals surface area contributed by atoms with Gasteiger partial charge in [-0.05, 0) is 20.4 Å².